The Bertz CT molecular complexity index is 365. The Labute approximate surface area is 118 Å². The van der Waals surface area contributed by atoms with Gasteiger partial charge in [-0.1, -0.05) is 0 Å². The quantitative estimate of drug-likeness (QED) is 0.761. The topological polar surface area (TPSA) is 90.0 Å². The van der Waals surface area contributed by atoms with E-state index in [0.29, 0.717) is 12.5 Å². The van der Waals surface area contributed by atoms with Crippen LogP contribution in [-0.2, 0) is 9.59 Å². The molecule has 7 nitrogen and oxygen atoms in total. The zero-order valence-corrected chi connectivity index (χ0v) is 12.1. The van der Waals surface area contributed by atoms with E-state index in [9.17, 15) is 14.4 Å². The second kappa shape index (κ2) is 7.84. The standard InChI is InChI=1S/C13H23N3O4/c1-15-7-5-10(6-8-15)9-16(2)13(20)14-11(17)3-4-12(18)19/h10H,3-9H2,1-2H3,(H,18,19)(H,14,17,20). The number of urea groups is 1. The van der Waals surface area contributed by atoms with E-state index in [0.717, 1.165) is 25.9 Å². The summed E-state index contributed by atoms with van der Waals surface area (Å²) in [5.74, 6) is -1.14. The largest absolute Gasteiger partial charge is 0.481 e. The van der Waals surface area contributed by atoms with Crippen molar-refractivity contribution in [2.45, 2.75) is 25.7 Å². The number of imide groups is 1. The van der Waals surface area contributed by atoms with Gasteiger partial charge in [0, 0.05) is 20.0 Å². The molecule has 7 heteroatoms. The summed E-state index contributed by atoms with van der Waals surface area (Å²) in [4.78, 5) is 37.2. The Morgan fingerprint density at radius 1 is 1.25 bits per heavy atom. The zero-order valence-electron chi connectivity index (χ0n) is 12.1. The van der Waals surface area contributed by atoms with Crippen LogP contribution < -0.4 is 5.32 Å². The minimum Gasteiger partial charge on any atom is -0.481 e. The third kappa shape index (κ3) is 6.01. The van der Waals surface area contributed by atoms with Crippen LogP contribution in [0, 0.1) is 5.92 Å². The molecule has 0 radical (unpaired) electrons. The molecular formula is C13H23N3O4. The average molecular weight is 285 g/mol. The molecule has 1 rings (SSSR count). The van der Waals surface area contributed by atoms with Gasteiger partial charge in [-0.2, -0.15) is 0 Å². The molecule has 3 amide bonds. The number of carbonyl (C=O) groups excluding carboxylic acids is 2. The summed E-state index contributed by atoms with van der Waals surface area (Å²) in [5, 5.41) is 10.7. The highest BCUT2D eigenvalue weighted by atomic mass is 16.4. The van der Waals surface area contributed by atoms with Gasteiger partial charge in [-0.05, 0) is 38.9 Å². The Kier molecular flexibility index (Phi) is 6.44. The van der Waals surface area contributed by atoms with Gasteiger partial charge >= 0.3 is 12.0 Å². The first-order valence-electron chi connectivity index (χ1n) is 6.83. The number of aliphatic carboxylic acids is 1. The van der Waals surface area contributed by atoms with Gasteiger partial charge in [-0.3, -0.25) is 14.9 Å². The van der Waals surface area contributed by atoms with Crippen LogP contribution in [0.1, 0.15) is 25.7 Å². The normalized spacial score (nSPS) is 16.7. The number of nitrogens with zero attached hydrogens (tertiary/aromatic N) is 2. The second-order valence-corrected chi connectivity index (χ2v) is 5.37. The molecule has 0 spiro atoms. The Hall–Kier alpha value is -1.63. The van der Waals surface area contributed by atoms with Crippen molar-refractivity contribution in [3.05, 3.63) is 0 Å². The molecule has 1 aliphatic rings. The summed E-state index contributed by atoms with van der Waals surface area (Å²) in [7, 11) is 3.73. The molecule has 0 bridgehead atoms. The lowest BCUT2D eigenvalue weighted by Gasteiger charge is -2.31. The van der Waals surface area contributed by atoms with E-state index in [1.54, 1.807) is 7.05 Å². The molecular weight excluding hydrogens is 262 g/mol. The fourth-order valence-electron chi connectivity index (χ4n) is 2.21. The van der Waals surface area contributed by atoms with Gasteiger partial charge in [0.2, 0.25) is 5.91 Å². The minimum atomic E-state index is -1.05. The van der Waals surface area contributed by atoms with Crippen molar-refractivity contribution in [1.29, 1.82) is 0 Å². The lowest BCUT2D eigenvalue weighted by molar-refractivity contribution is -0.138. The van der Waals surface area contributed by atoms with Crippen LogP contribution >= 0.6 is 0 Å². The Morgan fingerprint density at radius 2 is 1.85 bits per heavy atom. The van der Waals surface area contributed by atoms with Crippen LogP contribution in [0.5, 0.6) is 0 Å². The molecule has 1 heterocycles. The molecule has 0 saturated carbocycles. The summed E-state index contributed by atoms with van der Waals surface area (Å²) >= 11 is 0. The molecule has 0 aromatic carbocycles. The van der Waals surface area contributed by atoms with Crippen LogP contribution in [-0.4, -0.2) is 66.5 Å². The van der Waals surface area contributed by atoms with E-state index in [1.807, 2.05) is 0 Å². The molecule has 0 aliphatic carbocycles. The van der Waals surface area contributed by atoms with Gasteiger partial charge in [0.1, 0.15) is 0 Å². The first kappa shape index (κ1) is 16.4. The van der Waals surface area contributed by atoms with E-state index in [2.05, 4.69) is 17.3 Å². The molecule has 1 saturated heterocycles. The van der Waals surface area contributed by atoms with Crippen LogP contribution in [0.4, 0.5) is 4.79 Å². The van der Waals surface area contributed by atoms with Crippen molar-refractivity contribution >= 4 is 17.9 Å². The molecule has 0 atom stereocenters. The number of amides is 3. The lowest BCUT2D eigenvalue weighted by Crippen LogP contribution is -2.44. The lowest BCUT2D eigenvalue weighted by atomic mass is 9.97. The van der Waals surface area contributed by atoms with Crippen molar-refractivity contribution in [2.24, 2.45) is 5.92 Å². The van der Waals surface area contributed by atoms with Gasteiger partial charge in [-0.15, -0.1) is 0 Å². The Balaban J connectivity index is 2.28. The highest BCUT2D eigenvalue weighted by Gasteiger charge is 2.21. The second-order valence-electron chi connectivity index (χ2n) is 5.37. The highest BCUT2D eigenvalue weighted by molar-refractivity contribution is 5.95. The number of carboxylic acid groups (broad SMARTS) is 1. The van der Waals surface area contributed by atoms with Crippen molar-refractivity contribution in [2.75, 3.05) is 33.7 Å². The third-order valence-corrected chi connectivity index (χ3v) is 3.53. The van der Waals surface area contributed by atoms with Crippen LogP contribution in [0.25, 0.3) is 0 Å². The molecule has 20 heavy (non-hydrogen) atoms. The maximum absolute atomic E-state index is 11.8. The minimum absolute atomic E-state index is 0.177. The summed E-state index contributed by atoms with van der Waals surface area (Å²) in [6.45, 7) is 2.67. The van der Waals surface area contributed by atoms with Gasteiger partial charge in [0.15, 0.2) is 0 Å². The molecule has 0 unspecified atom stereocenters. The highest BCUT2D eigenvalue weighted by Crippen LogP contribution is 2.16. The summed E-state index contributed by atoms with van der Waals surface area (Å²) in [5.41, 5.74) is 0. The van der Waals surface area contributed by atoms with Gasteiger partial charge in [0.05, 0.1) is 6.42 Å². The molecule has 0 aromatic rings. The van der Waals surface area contributed by atoms with Gasteiger partial charge in [-0.25, -0.2) is 4.79 Å². The summed E-state index contributed by atoms with van der Waals surface area (Å²) < 4.78 is 0. The number of carboxylic acids is 1. The molecule has 1 aliphatic heterocycles. The fraction of sp³-hybridized carbons (Fsp3) is 0.769. The Morgan fingerprint density at radius 3 is 2.40 bits per heavy atom. The number of piperidine rings is 1. The van der Waals surface area contributed by atoms with E-state index >= 15 is 0 Å². The van der Waals surface area contributed by atoms with Crippen LogP contribution in [0.2, 0.25) is 0 Å². The number of carbonyl (C=O) groups is 3. The number of hydrogen-bond acceptors (Lipinski definition) is 4. The number of likely N-dealkylation sites (tertiary alicyclic amines) is 1. The zero-order chi connectivity index (χ0) is 15.1. The van der Waals surface area contributed by atoms with Crippen LogP contribution in [0.3, 0.4) is 0 Å². The first-order valence-corrected chi connectivity index (χ1v) is 6.83. The van der Waals surface area contributed by atoms with E-state index in [-0.39, 0.29) is 12.8 Å². The SMILES string of the molecule is CN1CCC(CN(C)C(=O)NC(=O)CCC(=O)O)CC1. The average Bonchev–Trinajstić information content (AvgIpc) is 2.39. The van der Waals surface area contributed by atoms with Crippen molar-refractivity contribution in [3.8, 4) is 0 Å². The number of hydrogen-bond donors (Lipinski definition) is 2. The van der Waals surface area contributed by atoms with Gasteiger partial charge in [0.25, 0.3) is 0 Å². The molecule has 114 valence electrons. The van der Waals surface area contributed by atoms with Crippen molar-refractivity contribution in [1.82, 2.24) is 15.1 Å². The summed E-state index contributed by atoms with van der Waals surface area (Å²) in [6.07, 6.45) is 1.64. The third-order valence-electron chi connectivity index (χ3n) is 3.53. The van der Waals surface area contributed by atoms with Crippen LogP contribution in [0.15, 0.2) is 0 Å². The van der Waals surface area contributed by atoms with Gasteiger partial charge < -0.3 is 14.9 Å². The van der Waals surface area contributed by atoms with E-state index in [4.69, 9.17) is 5.11 Å². The maximum atomic E-state index is 11.8. The molecule has 1 fully saturated rings. The van der Waals surface area contributed by atoms with E-state index in [1.165, 1.54) is 4.90 Å². The predicted octanol–water partition coefficient (Wildman–Crippen LogP) is 0.361. The summed E-state index contributed by atoms with van der Waals surface area (Å²) in [6, 6.07) is -0.459. The van der Waals surface area contributed by atoms with E-state index < -0.39 is 17.9 Å². The van der Waals surface area contributed by atoms with Crippen molar-refractivity contribution in [3.63, 3.8) is 0 Å². The first-order chi connectivity index (χ1) is 9.38. The fourth-order valence-corrected chi connectivity index (χ4v) is 2.21. The smallest absolute Gasteiger partial charge is 0.323 e. The molecule has 0 aromatic heterocycles. The van der Waals surface area contributed by atoms with Crippen molar-refractivity contribution < 1.29 is 19.5 Å². The predicted molar refractivity (Wildman–Crippen MR) is 73.3 cm³/mol. The number of nitrogens with one attached hydrogen (secondary N) is 1. The molecule has 2 N–H and O–H groups in total. The monoisotopic (exact) mass is 285 g/mol. The maximum Gasteiger partial charge on any atom is 0.323 e. The number of rotatable bonds is 5.